The van der Waals surface area contributed by atoms with Crippen molar-refractivity contribution in [2.45, 2.75) is 51.4 Å². The van der Waals surface area contributed by atoms with E-state index in [0.29, 0.717) is 11.1 Å². The Balaban J connectivity index is 1.92. The molecule has 2 aromatic rings. The molecule has 3 N–H and O–H groups in total. The van der Waals surface area contributed by atoms with Crippen LogP contribution in [0.5, 0.6) is 0 Å². The molecule has 2 rings (SSSR count). The monoisotopic (exact) mass is 306 g/mol. The van der Waals surface area contributed by atoms with Crippen LogP contribution in [0.15, 0.2) is 28.7 Å². The summed E-state index contributed by atoms with van der Waals surface area (Å²) in [6, 6.07) is 6.49. The number of aliphatic hydroxyl groups excluding tert-OH is 1. The number of oxazole rings is 1. The van der Waals surface area contributed by atoms with Gasteiger partial charge in [0.05, 0.1) is 0 Å². The highest BCUT2D eigenvalue weighted by Gasteiger charge is 2.24. The maximum atomic E-state index is 11.8. The average molecular weight is 306 g/mol. The zero-order chi connectivity index (χ0) is 16.3. The van der Waals surface area contributed by atoms with Crippen LogP contribution < -0.4 is 5.73 Å². The molecule has 1 aromatic heterocycles. The van der Waals surface area contributed by atoms with Gasteiger partial charge in [-0.1, -0.05) is 12.1 Å². The molecule has 2 atom stereocenters. The first kappa shape index (κ1) is 16.5. The number of nitrogens with two attached hydrogens (primary N) is 1. The van der Waals surface area contributed by atoms with Gasteiger partial charge in [0.25, 0.3) is 0 Å². The predicted octanol–water partition coefficient (Wildman–Crippen LogP) is 2.31. The Hall–Kier alpha value is -1.92. The van der Waals surface area contributed by atoms with Crippen LogP contribution >= 0.6 is 0 Å². The van der Waals surface area contributed by atoms with Gasteiger partial charge in [0.15, 0.2) is 5.58 Å². The molecule has 0 bridgehead atoms. The third kappa shape index (κ3) is 4.29. The fourth-order valence-electron chi connectivity index (χ4n) is 1.99. The summed E-state index contributed by atoms with van der Waals surface area (Å²) in [6.45, 7) is 5.35. The fourth-order valence-corrected chi connectivity index (χ4v) is 1.99. The number of aromatic nitrogens is 1. The molecular formula is C16H22N2O4. The van der Waals surface area contributed by atoms with E-state index >= 15 is 0 Å². The van der Waals surface area contributed by atoms with Crippen molar-refractivity contribution in [2.24, 2.45) is 5.73 Å². The number of hydrogen-bond donors (Lipinski definition) is 2. The summed E-state index contributed by atoms with van der Waals surface area (Å²) in [4.78, 5) is 16.0. The molecular weight excluding hydrogens is 284 g/mol. The predicted molar refractivity (Wildman–Crippen MR) is 82.0 cm³/mol. The number of esters is 1. The second kappa shape index (κ2) is 6.46. The van der Waals surface area contributed by atoms with Crippen molar-refractivity contribution in [1.82, 2.24) is 4.98 Å². The van der Waals surface area contributed by atoms with Crippen LogP contribution in [-0.2, 0) is 9.53 Å². The lowest BCUT2D eigenvalue weighted by atomic mass is 10.1. The van der Waals surface area contributed by atoms with Gasteiger partial charge in [-0.05, 0) is 45.7 Å². The molecule has 1 heterocycles. The number of aliphatic hydroxyl groups is 1. The summed E-state index contributed by atoms with van der Waals surface area (Å²) in [5.41, 5.74) is 6.52. The van der Waals surface area contributed by atoms with E-state index in [9.17, 15) is 9.90 Å². The van der Waals surface area contributed by atoms with Crippen molar-refractivity contribution in [3.05, 3.63) is 30.2 Å². The molecule has 0 amide bonds. The van der Waals surface area contributed by atoms with Crippen LogP contribution in [0.4, 0.5) is 0 Å². The molecule has 0 saturated heterocycles. The lowest BCUT2D eigenvalue weighted by Crippen LogP contribution is -2.37. The van der Waals surface area contributed by atoms with Crippen LogP contribution in [0.25, 0.3) is 11.1 Å². The van der Waals surface area contributed by atoms with E-state index in [1.807, 2.05) is 18.2 Å². The maximum Gasteiger partial charge on any atom is 0.323 e. The van der Waals surface area contributed by atoms with E-state index < -0.39 is 23.7 Å². The number of ether oxygens (including phenoxy) is 1. The molecule has 0 aliphatic rings. The zero-order valence-corrected chi connectivity index (χ0v) is 13.1. The first-order chi connectivity index (χ1) is 10.3. The molecule has 0 aliphatic heterocycles. The summed E-state index contributed by atoms with van der Waals surface area (Å²) in [7, 11) is 0. The highest BCUT2D eigenvalue weighted by Crippen LogP contribution is 2.23. The summed E-state index contributed by atoms with van der Waals surface area (Å²) >= 11 is 0. The lowest BCUT2D eigenvalue weighted by Gasteiger charge is -2.22. The van der Waals surface area contributed by atoms with Crippen molar-refractivity contribution in [1.29, 1.82) is 0 Å². The number of benzene rings is 1. The average Bonchev–Trinajstić information content (AvgIpc) is 2.86. The van der Waals surface area contributed by atoms with Crippen molar-refractivity contribution >= 4 is 17.1 Å². The van der Waals surface area contributed by atoms with Crippen molar-refractivity contribution in [3.63, 3.8) is 0 Å². The number of carbonyl (C=O) groups excluding carboxylic acids is 1. The molecule has 0 radical (unpaired) electrons. The van der Waals surface area contributed by atoms with E-state index in [-0.39, 0.29) is 18.7 Å². The molecule has 1 aromatic carbocycles. The third-order valence-corrected chi connectivity index (χ3v) is 3.06. The minimum Gasteiger partial charge on any atom is -0.459 e. The van der Waals surface area contributed by atoms with Crippen LogP contribution in [0, 0.1) is 0 Å². The quantitative estimate of drug-likeness (QED) is 0.822. The normalized spacial score (nSPS) is 14.8. The molecule has 0 aliphatic carbocycles. The Bertz CT molecular complexity index is 612. The number of para-hydroxylation sites is 2. The van der Waals surface area contributed by atoms with Crippen molar-refractivity contribution in [3.8, 4) is 0 Å². The lowest BCUT2D eigenvalue weighted by molar-refractivity contribution is -0.156. The number of rotatable bonds is 5. The molecule has 0 saturated carbocycles. The smallest absolute Gasteiger partial charge is 0.323 e. The topological polar surface area (TPSA) is 98.6 Å². The van der Waals surface area contributed by atoms with Gasteiger partial charge in [-0.3, -0.25) is 4.79 Å². The van der Waals surface area contributed by atoms with Gasteiger partial charge in [0.2, 0.25) is 5.89 Å². The third-order valence-electron chi connectivity index (χ3n) is 3.06. The number of fused-ring (bicyclic) bond motifs is 1. The van der Waals surface area contributed by atoms with Gasteiger partial charge >= 0.3 is 5.97 Å². The largest absolute Gasteiger partial charge is 0.459 e. The first-order valence-corrected chi connectivity index (χ1v) is 7.28. The van der Waals surface area contributed by atoms with Crippen molar-refractivity contribution < 1.29 is 19.1 Å². The number of nitrogens with zero attached hydrogens (tertiary/aromatic N) is 1. The van der Waals surface area contributed by atoms with Crippen LogP contribution in [-0.4, -0.2) is 27.7 Å². The Morgan fingerprint density at radius 3 is 2.68 bits per heavy atom. The molecule has 6 nitrogen and oxygen atoms in total. The van der Waals surface area contributed by atoms with Gasteiger partial charge in [0, 0.05) is 0 Å². The van der Waals surface area contributed by atoms with Gasteiger partial charge in [-0.25, -0.2) is 4.98 Å². The molecule has 0 fully saturated rings. The van der Waals surface area contributed by atoms with Gasteiger partial charge < -0.3 is 20.0 Å². The first-order valence-electron chi connectivity index (χ1n) is 7.28. The Kier molecular flexibility index (Phi) is 4.83. The van der Waals surface area contributed by atoms with Crippen LogP contribution in [0.3, 0.4) is 0 Å². The van der Waals surface area contributed by atoms with Crippen LogP contribution in [0.2, 0.25) is 0 Å². The summed E-state index contributed by atoms with van der Waals surface area (Å²) in [5.74, 6) is -0.241. The van der Waals surface area contributed by atoms with E-state index in [2.05, 4.69) is 4.98 Å². The fraction of sp³-hybridized carbons (Fsp3) is 0.500. The highest BCUT2D eigenvalue weighted by molar-refractivity contribution is 5.75. The molecule has 0 spiro atoms. The standard InChI is InChI=1S/C16H22N2O4/c1-16(2,3)22-15(20)10(17)8-9-12(19)14-18-11-6-4-5-7-13(11)21-14/h4-7,10,12,19H,8-9,17H2,1-3H3. The Labute approximate surface area is 129 Å². The maximum absolute atomic E-state index is 11.8. The van der Waals surface area contributed by atoms with E-state index in [0.717, 1.165) is 0 Å². The van der Waals surface area contributed by atoms with Gasteiger partial charge in [0.1, 0.15) is 23.3 Å². The van der Waals surface area contributed by atoms with Crippen molar-refractivity contribution in [2.75, 3.05) is 0 Å². The SMILES string of the molecule is CC(C)(C)OC(=O)C(N)CCC(O)c1nc2ccccc2o1. The minimum atomic E-state index is -0.902. The number of hydrogen-bond acceptors (Lipinski definition) is 6. The summed E-state index contributed by atoms with van der Waals surface area (Å²) < 4.78 is 10.7. The minimum absolute atomic E-state index is 0.234. The van der Waals surface area contributed by atoms with E-state index in [1.165, 1.54) is 0 Å². The Morgan fingerprint density at radius 2 is 2.05 bits per heavy atom. The molecule has 120 valence electrons. The van der Waals surface area contributed by atoms with E-state index in [1.54, 1.807) is 26.8 Å². The number of carbonyl (C=O) groups is 1. The highest BCUT2D eigenvalue weighted by atomic mass is 16.6. The second-order valence-electron chi connectivity index (χ2n) is 6.25. The zero-order valence-electron chi connectivity index (χ0n) is 13.1. The molecule has 2 unspecified atom stereocenters. The van der Waals surface area contributed by atoms with Gasteiger partial charge in [-0.15, -0.1) is 0 Å². The molecule has 6 heteroatoms. The van der Waals surface area contributed by atoms with Crippen LogP contribution in [0.1, 0.15) is 45.6 Å². The summed E-state index contributed by atoms with van der Waals surface area (Å²) in [5, 5.41) is 10.1. The van der Waals surface area contributed by atoms with E-state index in [4.69, 9.17) is 14.9 Å². The summed E-state index contributed by atoms with van der Waals surface area (Å²) in [6.07, 6.45) is -0.344. The Morgan fingerprint density at radius 1 is 1.36 bits per heavy atom. The molecule has 22 heavy (non-hydrogen) atoms. The second-order valence-corrected chi connectivity index (χ2v) is 6.25. The van der Waals surface area contributed by atoms with Gasteiger partial charge in [-0.2, -0.15) is 0 Å².